The highest BCUT2D eigenvalue weighted by Gasteiger charge is 2.25. The third-order valence-electron chi connectivity index (χ3n) is 4.35. The van der Waals surface area contributed by atoms with Crippen LogP contribution in [0.2, 0.25) is 0 Å². The van der Waals surface area contributed by atoms with Crippen molar-refractivity contribution in [1.29, 1.82) is 0 Å². The third kappa shape index (κ3) is 5.26. The Labute approximate surface area is 149 Å². The second kappa shape index (κ2) is 8.58. The zero-order valence-electron chi connectivity index (χ0n) is 15.3. The van der Waals surface area contributed by atoms with Crippen molar-refractivity contribution in [3.8, 4) is 0 Å². The molecule has 0 saturated heterocycles. The van der Waals surface area contributed by atoms with Crippen molar-refractivity contribution in [1.82, 2.24) is 0 Å². The first-order chi connectivity index (χ1) is 11.9. The zero-order chi connectivity index (χ0) is 18.4. The Bertz CT molecular complexity index is 726. The van der Waals surface area contributed by atoms with E-state index in [9.17, 15) is 9.59 Å². The molecule has 0 aromatic heterocycles. The first-order valence-electron chi connectivity index (χ1n) is 8.70. The van der Waals surface area contributed by atoms with Crippen LogP contribution in [0.4, 0.5) is 5.69 Å². The Morgan fingerprint density at radius 3 is 2.24 bits per heavy atom. The van der Waals surface area contributed by atoms with Crippen molar-refractivity contribution in [3.05, 3.63) is 65.7 Å². The van der Waals surface area contributed by atoms with Crippen LogP contribution in [0.15, 0.2) is 54.6 Å². The number of Topliss-reactive ketones (excluding diaryl/α,β-unsaturated/α-hetero) is 1. The maximum absolute atomic E-state index is 12.6. The van der Waals surface area contributed by atoms with Crippen LogP contribution in [0.1, 0.15) is 49.7 Å². The quantitative estimate of drug-likeness (QED) is 0.761. The summed E-state index contributed by atoms with van der Waals surface area (Å²) in [6, 6.07) is 17.3. The number of carbonyl (C=O) groups is 2. The predicted molar refractivity (Wildman–Crippen MR) is 100 cm³/mol. The van der Waals surface area contributed by atoms with Gasteiger partial charge in [0.15, 0.2) is 11.8 Å². The van der Waals surface area contributed by atoms with Gasteiger partial charge >= 0.3 is 0 Å². The van der Waals surface area contributed by atoms with Gasteiger partial charge in [0.05, 0.1) is 0 Å². The minimum atomic E-state index is -0.242. The average Bonchev–Trinajstić information content (AvgIpc) is 2.60. The topological polar surface area (TPSA) is 62.8 Å². The van der Waals surface area contributed by atoms with E-state index in [1.807, 2.05) is 25.1 Å². The van der Waals surface area contributed by atoms with Gasteiger partial charge in [-0.15, -0.1) is 0 Å². The molecule has 0 spiro atoms. The maximum Gasteiger partial charge on any atom is 0.282 e. The highest BCUT2D eigenvalue weighted by molar-refractivity contribution is 5.97. The lowest BCUT2D eigenvalue weighted by molar-refractivity contribution is -0.718. The summed E-state index contributed by atoms with van der Waals surface area (Å²) in [4.78, 5) is 24.0. The molecule has 1 amide bonds. The number of hydrogen-bond acceptors (Lipinski definition) is 2. The summed E-state index contributed by atoms with van der Waals surface area (Å²) in [6.45, 7) is 7.75. The zero-order valence-corrected chi connectivity index (χ0v) is 15.3. The van der Waals surface area contributed by atoms with Gasteiger partial charge in [-0.25, -0.2) is 0 Å². The fraction of sp³-hybridized carbons (Fsp3) is 0.333. The molecule has 132 valence electrons. The molecule has 0 saturated carbocycles. The molecule has 2 rings (SSSR count). The highest BCUT2D eigenvalue weighted by Crippen LogP contribution is 2.17. The minimum absolute atomic E-state index is 0.0142. The lowest BCUT2D eigenvalue weighted by Gasteiger charge is -2.23. The number of rotatable bonds is 7. The number of amides is 1. The van der Waals surface area contributed by atoms with Gasteiger partial charge in [0.25, 0.3) is 5.91 Å². The normalized spacial score (nSPS) is 13.3. The van der Waals surface area contributed by atoms with Crippen molar-refractivity contribution in [3.63, 3.8) is 0 Å². The van der Waals surface area contributed by atoms with Crippen molar-refractivity contribution < 1.29 is 14.9 Å². The van der Waals surface area contributed by atoms with Gasteiger partial charge in [-0.2, -0.15) is 0 Å². The molecule has 2 aromatic rings. The summed E-state index contributed by atoms with van der Waals surface area (Å²) in [5.41, 5.74) is 2.47. The van der Waals surface area contributed by atoms with E-state index in [-0.39, 0.29) is 23.8 Å². The highest BCUT2D eigenvalue weighted by atomic mass is 16.2. The molecule has 0 fully saturated rings. The van der Waals surface area contributed by atoms with E-state index in [4.69, 9.17) is 0 Å². The largest absolute Gasteiger partial charge is 0.330 e. The van der Waals surface area contributed by atoms with Gasteiger partial charge in [-0.1, -0.05) is 56.3 Å². The third-order valence-corrected chi connectivity index (χ3v) is 4.35. The summed E-state index contributed by atoms with van der Waals surface area (Å²) >= 11 is 0. The smallest absolute Gasteiger partial charge is 0.282 e. The van der Waals surface area contributed by atoms with Crippen LogP contribution in [0.3, 0.4) is 0 Å². The molecule has 3 N–H and O–H groups in total. The number of carbonyl (C=O) groups excluding carboxylic acids is 2. The minimum Gasteiger partial charge on any atom is -0.330 e. The van der Waals surface area contributed by atoms with Gasteiger partial charge < -0.3 is 10.6 Å². The molecule has 4 nitrogen and oxygen atoms in total. The van der Waals surface area contributed by atoms with Gasteiger partial charge in [0, 0.05) is 22.7 Å². The van der Waals surface area contributed by atoms with Crippen molar-refractivity contribution in [2.45, 2.75) is 39.8 Å². The van der Waals surface area contributed by atoms with Crippen LogP contribution in [-0.2, 0) is 4.79 Å². The van der Waals surface area contributed by atoms with Crippen molar-refractivity contribution in [2.24, 2.45) is 5.92 Å². The number of ketones is 1. The van der Waals surface area contributed by atoms with Crippen molar-refractivity contribution in [2.75, 3.05) is 5.32 Å². The van der Waals surface area contributed by atoms with Crippen molar-refractivity contribution >= 4 is 17.4 Å². The molecule has 0 aliphatic carbocycles. The fourth-order valence-corrected chi connectivity index (χ4v) is 2.86. The van der Waals surface area contributed by atoms with E-state index < -0.39 is 0 Å². The molecular weight excluding hydrogens is 312 g/mol. The molecule has 0 bridgehead atoms. The van der Waals surface area contributed by atoms with E-state index in [0.29, 0.717) is 17.2 Å². The van der Waals surface area contributed by atoms with E-state index in [1.165, 1.54) is 12.5 Å². The fourth-order valence-electron chi connectivity index (χ4n) is 2.86. The molecule has 0 heterocycles. The maximum atomic E-state index is 12.6. The molecule has 0 aliphatic heterocycles. The molecule has 2 atom stereocenters. The Kier molecular flexibility index (Phi) is 6.48. The lowest BCUT2D eigenvalue weighted by atomic mass is 9.95. The number of hydrogen-bond donors (Lipinski definition) is 2. The second-order valence-electron chi connectivity index (χ2n) is 6.79. The van der Waals surface area contributed by atoms with Gasteiger partial charge in [0.1, 0.15) is 6.04 Å². The van der Waals surface area contributed by atoms with Gasteiger partial charge in [-0.3, -0.25) is 9.59 Å². The number of anilines is 1. The standard InChI is InChI=1S/C21H26N2O2/c1-14(2)20(17-9-6-5-7-10-17)22-15(3)21(25)23-19-12-8-11-18(13-19)16(4)24/h5-15,20,22H,1-4H3,(H,23,25)/p+1/t15-,20-/m1/s1. The monoisotopic (exact) mass is 339 g/mol. The number of benzene rings is 2. The molecule has 0 radical (unpaired) electrons. The Morgan fingerprint density at radius 2 is 1.64 bits per heavy atom. The Morgan fingerprint density at radius 1 is 0.960 bits per heavy atom. The average molecular weight is 339 g/mol. The van der Waals surface area contributed by atoms with Crippen LogP contribution < -0.4 is 10.6 Å². The molecule has 4 heteroatoms. The summed E-state index contributed by atoms with van der Waals surface area (Å²) in [5, 5.41) is 5.01. The van der Waals surface area contributed by atoms with Crippen LogP contribution in [0.5, 0.6) is 0 Å². The number of nitrogens with two attached hydrogens (primary N) is 1. The first-order valence-corrected chi connectivity index (χ1v) is 8.70. The number of nitrogens with one attached hydrogen (secondary N) is 1. The van der Waals surface area contributed by atoms with E-state index in [2.05, 4.69) is 36.6 Å². The first kappa shape index (κ1) is 18.9. The van der Waals surface area contributed by atoms with E-state index in [0.717, 1.165) is 0 Å². The van der Waals surface area contributed by atoms with E-state index in [1.54, 1.807) is 24.3 Å². The van der Waals surface area contributed by atoms with Crippen LogP contribution in [-0.4, -0.2) is 17.7 Å². The van der Waals surface area contributed by atoms with Crippen LogP contribution in [0.25, 0.3) is 0 Å². The predicted octanol–water partition coefficient (Wildman–Crippen LogP) is 3.18. The summed E-state index contributed by atoms with van der Waals surface area (Å²) in [7, 11) is 0. The Hall–Kier alpha value is -2.46. The molecule has 2 aromatic carbocycles. The lowest BCUT2D eigenvalue weighted by Crippen LogP contribution is -2.93. The summed E-state index contributed by atoms with van der Waals surface area (Å²) < 4.78 is 0. The number of quaternary nitrogens is 1. The van der Waals surface area contributed by atoms with Crippen LogP contribution in [0, 0.1) is 5.92 Å². The summed E-state index contributed by atoms with van der Waals surface area (Å²) in [6.07, 6.45) is 0. The van der Waals surface area contributed by atoms with Gasteiger partial charge in [-0.05, 0) is 26.0 Å². The Balaban J connectivity index is 2.06. The second-order valence-corrected chi connectivity index (χ2v) is 6.79. The van der Waals surface area contributed by atoms with E-state index >= 15 is 0 Å². The molecule has 0 unspecified atom stereocenters. The van der Waals surface area contributed by atoms with Gasteiger partial charge in [0.2, 0.25) is 0 Å². The molecular formula is C21H27N2O2+. The molecule has 0 aliphatic rings. The van der Waals surface area contributed by atoms with Crippen LogP contribution >= 0.6 is 0 Å². The summed E-state index contributed by atoms with van der Waals surface area (Å²) in [5.74, 6) is 0.320. The SMILES string of the molecule is CC(=O)c1cccc(NC(=O)[C@@H](C)[NH2+][C@@H](c2ccccc2)C(C)C)c1. The molecule has 25 heavy (non-hydrogen) atoms.